The van der Waals surface area contributed by atoms with Crippen LogP contribution in [0.4, 0.5) is 4.79 Å². The van der Waals surface area contributed by atoms with Crippen LogP contribution in [0.1, 0.15) is 38.7 Å². The molecule has 1 aliphatic rings. The number of amides is 3. The number of Topliss-reactive ketones (excluding diaryl/α,β-unsaturated/α-hetero) is 1. The number of ketones is 1. The van der Waals surface area contributed by atoms with Crippen molar-refractivity contribution < 1.29 is 33.4 Å². The lowest BCUT2D eigenvalue weighted by molar-refractivity contribution is -0.140. The Morgan fingerprint density at radius 3 is 2.26 bits per heavy atom. The van der Waals surface area contributed by atoms with Crippen molar-refractivity contribution in [3.05, 3.63) is 35.9 Å². The fourth-order valence-corrected chi connectivity index (χ4v) is 3.30. The van der Waals surface area contributed by atoms with Crippen LogP contribution in [0.15, 0.2) is 30.3 Å². The molecule has 0 spiro atoms. The van der Waals surface area contributed by atoms with E-state index in [4.69, 9.17) is 14.2 Å². The molecular formula is C25H37N3O7. The molecule has 10 nitrogen and oxygen atoms in total. The van der Waals surface area contributed by atoms with Crippen LogP contribution in [0.3, 0.4) is 0 Å². The average Bonchev–Trinajstić information content (AvgIpc) is 3.64. The molecule has 2 atom stereocenters. The van der Waals surface area contributed by atoms with Crippen LogP contribution < -0.4 is 16.0 Å². The fraction of sp³-hybridized carbons (Fsp3) is 0.600. The molecule has 35 heavy (non-hydrogen) atoms. The maximum Gasteiger partial charge on any atom is 0.407 e. The summed E-state index contributed by atoms with van der Waals surface area (Å²) in [5.41, 5.74) is 0.798. The van der Waals surface area contributed by atoms with Crippen LogP contribution in [0, 0.1) is 5.92 Å². The van der Waals surface area contributed by atoms with Gasteiger partial charge in [-0.25, -0.2) is 4.79 Å². The summed E-state index contributed by atoms with van der Waals surface area (Å²) in [5.74, 6) is -1.91. The van der Waals surface area contributed by atoms with E-state index in [1.165, 1.54) is 0 Å². The van der Waals surface area contributed by atoms with Crippen molar-refractivity contribution in [2.24, 2.45) is 5.92 Å². The van der Waals surface area contributed by atoms with Gasteiger partial charge in [0.2, 0.25) is 11.7 Å². The molecule has 3 amide bonds. The first kappa shape index (κ1) is 28.3. The summed E-state index contributed by atoms with van der Waals surface area (Å²) >= 11 is 0. The number of benzene rings is 1. The highest BCUT2D eigenvalue weighted by atomic mass is 16.6. The van der Waals surface area contributed by atoms with Gasteiger partial charge in [0.25, 0.3) is 5.91 Å². The molecule has 2 rings (SSSR count). The van der Waals surface area contributed by atoms with Gasteiger partial charge in [0, 0.05) is 19.6 Å². The highest BCUT2D eigenvalue weighted by Crippen LogP contribution is 2.18. The predicted octanol–water partition coefficient (Wildman–Crippen LogP) is 1.37. The fourth-order valence-electron chi connectivity index (χ4n) is 3.30. The van der Waals surface area contributed by atoms with Crippen molar-refractivity contribution in [1.82, 2.24) is 16.0 Å². The molecule has 0 radical (unpaired) electrons. The Morgan fingerprint density at radius 2 is 1.63 bits per heavy atom. The zero-order chi connectivity index (χ0) is 25.6. The number of hydrogen-bond donors (Lipinski definition) is 3. The molecule has 0 heterocycles. The molecule has 0 saturated heterocycles. The third-order valence-electron chi connectivity index (χ3n) is 5.26. The second-order valence-corrected chi connectivity index (χ2v) is 8.93. The van der Waals surface area contributed by atoms with Crippen LogP contribution in [0.2, 0.25) is 0 Å². The molecule has 0 aromatic heterocycles. The standard InChI is InChI=1S/C25H37N3O7/c1-17(2)15-21(28-25(32)35-14-13-34-12-11-33-3)23(30)27-20(16-18-7-5-4-6-8-18)22(29)24(31)26-19-9-10-19/h4-8,17,19-21H,9-16H2,1-3H3,(H,26,31)(H,27,30)(H,28,32). The van der Waals surface area contributed by atoms with Crippen molar-refractivity contribution in [2.45, 2.75) is 57.7 Å². The lowest BCUT2D eigenvalue weighted by Gasteiger charge is -2.23. The van der Waals surface area contributed by atoms with Gasteiger partial charge >= 0.3 is 6.09 Å². The van der Waals surface area contributed by atoms with Crippen LogP contribution >= 0.6 is 0 Å². The van der Waals surface area contributed by atoms with E-state index < -0.39 is 35.8 Å². The molecule has 1 aromatic carbocycles. The smallest absolute Gasteiger partial charge is 0.407 e. The molecule has 1 fully saturated rings. The first-order valence-corrected chi connectivity index (χ1v) is 12.0. The van der Waals surface area contributed by atoms with Gasteiger partial charge in [-0.1, -0.05) is 44.2 Å². The number of hydrogen-bond acceptors (Lipinski definition) is 7. The number of alkyl carbamates (subject to hydrolysis) is 1. The van der Waals surface area contributed by atoms with Gasteiger partial charge in [0.1, 0.15) is 18.7 Å². The number of methoxy groups -OCH3 is 1. The molecule has 194 valence electrons. The quantitative estimate of drug-likeness (QED) is 0.235. The zero-order valence-electron chi connectivity index (χ0n) is 20.7. The van der Waals surface area contributed by atoms with E-state index in [2.05, 4.69) is 16.0 Å². The van der Waals surface area contributed by atoms with Crippen LogP contribution in [-0.4, -0.2) is 75.4 Å². The van der Waals surface area contributed by atoms with E-state index in [1.54, 1.807) is 7.11 Å². The van der Waals surface area contributed by atoms with Gasteiger partial charge < -0.3 is 30.2 Å². The Bertz CT molecular complexity index is 828. The van der Waals surface area contributed by atoms with Gasteiger partial charge in [0.05, 0.1) is 19.8 Å². The minimum absolute atomic E-state index is 0.0159. The molecule has 2 unspecified atom stereocenters. The number of carbonyl (C=O) groups is 4. The maximum atomic E-state index is 13.1. The summed E-state index contributed by atoms with van der Waals surface area (Å²) < 4.78 is 15.2. The lowest BCUT2D eigenvalue weighted by atomic mass is 9.99. The number of ether oxygens (including phenoxy) is 3. The van der Waals surface area contributed by atoms with E-state index >= 15 is 0 Å². The monoisotopic (exact) mass is 491 g/mol. The van der Waals surface area contributed by atoms with Crippen molar-refractivity contribution in [2.75, 3.05) is 33.5 Å². The molecule has 1 aromatic rings. The summed E-state index contributed by atoms with van der Waals surface area (Å²) in [6.07, 6.45) is 1.40. The van der Waals surface area contributed by atoms with Crippen LogP contribution in [-0.2, 0) is 35.0 Å². The lowest BCUT2D eigenvalue weighted by Crippen LogP contribution is -2.55. The number of nitrogens with one attached hydrogen (secondary N) is 3. The second kappa shape index (κ2) is 15.1. The highest BCUT2D eigenvalue weighted by Gasteiger charge is 2.33. The van der Waals surface area contributed by atoms with Gasteiger partial charge in [-0.2, -0.15) is 0 Å². The number of carbonyl (C=O) groups excluding carboxylic acids is 4. The molecule has 0 aliphatic heterocycles. The second-order valence-electron chi connectivity index (χ2n) is 8.93. The normalized spacial score (nSPS) is 14.6. The Morgan fingerprint density at radius 1 is 0.943 bits per heavy atom. The van der Waals surface area contributed by atoms with Crippen LogP contribution in [0.25, 0.3) is 0 Å². The minimum Gasteiger partial charge on any atom is -0.447 e. The zero-order valence-corrected chi connectivity index (χ0v) is 20.7. The van der Waals surface area contributed by atoms with Crippen molar-refractivity contribution >= 4 is 23.7 Å². The molecule has 3 N–H and O–H groups in total. The van der Waals surface area contributed by atoms with E-state index in [9.17, 15) is 19.2 Å². The van der Waals surface area contributed by atoms with Crippen LogP contribution in [0.5, 0.6) is 0 Å². The van der Waals surface area contributed by atoms with Gasteiger partial charge in [-0.05, 0) is 30.7 Å². The molecular weight excluding hydrogens is 454 g/mol. The number of rotatable bonds is 16. The van der Waals surface area contributed by atoms with Crippen molar-refractivity contribution in [3.8, 4) is 0 Å². The van der Waals surface area contributed by atoms with Gasteiger partial charge in [-0.3, -0.25) is 14.4 Å². The molecule has 10 heteroatoms. The summed E-state index contributed by atoms with van der Waals surface area (Å²) in [6.45, 7) is 4.85. The van der Waals surface area contributed by atoms with E-state index in [-0.39, 0.29) is 31.6 Å². The Kier molecular flexibility index (Phi) is 12.2. The van der Waals surface area contributed by atoms with Crippen molar-refractivity contribution in [3.63, 3.8) is 0 Å². The van der Waals surface area contributed by atoms with Gasteiger partial charge in [-0.15, -0.1) is 0 Å². The summed E-state index contributed by atoms with van der Waals surface area (Å²) in [5, 5.41) is 7.93. The Labute approximate surface area is 206 Å². The minimum atomic E-state index is -1.06. The predicted molar refractivity (Wildman–Crippen MR) is 129 cm³/mol. The van der Waals surface area contributed by atoms with Gasteiger partial charge in [0.15, 0.2) is 0 Å². The molecule has 1 saturated carbocycles. The average molecular weight is 492 g/mol. The first-order valence-electron chi connectivity index (χ1n) is 12.0. The third-order valence-corrected chi connectivity index (χ3v) is 5.26. The maximum absolute atomic E-state index is 13.1. The highest BCUT2D eigenvalue weighted by molar-refractivity contribution is 6.38. The largest absolute Gasteiger partial charge is 0.447 e. The summed E-state index contributed by atoms with van der Waals surface area (Å²) in [4.78, 5) is 50.7. The van der Waals surface area contributed by atoms with E-state index in [0.29, 0.717) is 19.6 Å². The molecule has 1 aliphatic carbocycles. The van der Waals surface area contributed by atoms with E-state index in [1.807, 2.05) is 44.2 Å². The Hall–Kier alpha value is -2.98. The third kappa shape index (κ3) is 11.3. The molecule has 0 bridgehead atoms. The topological polar surface area (TPSA) is 132 Å². The SMILES string of the molecule is COCCOCCOC(=O)NC(CC(C)C)C(=O)NC(Cc1ccccc1)C(=O)C(=O)NC1CC1. The Balaban J connectivity index is 2.00. The summed E-state index contributed by atoms with van der Waals surface area (Å²) in [6, 6.07) is 7.14. The first-order chi connectivity index (χ1) is 16.8. The van der Waals surface area contributed by atoms with E-state index in [0.717, 1.165) is 18.4 Å². The summed E-state index contributed by atoms with van der Waals surface area (Å²) in [7, 11) is 1.56. The van der Waals surface area contributed by atoms with Crippen molar-refractivity contribution in [1.29, 1.82) is 0 Å².